The van der Waals surface area contributed by atoms with Crippen molar-refractivity contribution in [2.75, 3.05) is 39.4 Å². The van der Waals surface area contributed by atoms with E-state index in [1.54, 1.807) is 4.90 Å². The van der Waals surface area contributed by atoms with Crippen LogP contribution in [-0.4, -0.2) is 62.9 Å². The number of benzene rings is 1. The van der Waals surface area contributed by atoms with Crippen LogP contribution in [0, 0.1) is 11.3 Å². The Hall–Kier alpha value is -1.50. The van der Waals surface area contributed by atoms with E-state index < -0.39 is 10.0 Å². The summed E-state index contributed by atoms with van der Waals surface area (Å²) in [6.45, 7) is 1.14. The Morgan fingerprint density at radius 3 is 2.43 bits per heavy atom. The van der Waals surface area contributed by atoms with Crippen molar-refractivity contribution in [2.45, 2.75) is 4.90 Å². The van der Waals surface area contributed by atoms with Gasteiger partial charge in [0.1, 0.15) is 0 Å². The van der Waals surface area contributed by atoms with Crippen LogP contribution in [-0.2, 0) is 10.0 Å². The number of sulfonamides is 1. The summed E-state index contributed by atoms with van der Waals surface area (Å²) in [6, 6.07) is 7.66. The summed E-state index contributed by atoms with van der Waals surface area (Å²) in [6.07, 6.45) is 0. The lowest BCUT2D eigenvalue weighted by molar-refractivity contribution is 0.163. The molecular weight excluding hydrogens is 294 g/mol. The van der Waals surface area contributed by atoms with Crippen molar-refractivity contribution < 1.29 is 18.6 Å². The highest BCUT2D eigenvalue weighted by Gasteiger charge is 2.14. The number of nitriles is 1. The lowest BCUT2D eigenvalue weighted by Crippen LogP contribution is -2.37. The fraction of sp³-hybridized carbons (Fsp3) is 0.462. The smallest absolute Gasteiger partial charge is 0.240 e. The van der Waals surface area contributed by atoms with Gasteiger partial charge in [-0.2, -0.15) is 5.26 Å². The van der Waals surface area contributed by atoms with Gasteiger partial charge in [-0.25, -0.2) is 13.1 Å². The van der Waals surface area contributed by atoms with Crippen molar-refractivity contribution in [1.82, 2.24) is 9.62 Å². The lowest BCUT2D eigenvalue weighted by atomic mass is 10.2. The fourth-order valence-corrected chi connectivity index (χ4v) is 2.84. The van der Waals surface area contributed by atoms with Gasteiger partial charge in [-0.3, -0.25) is 4.90 Å². The molecule has 0 atom stereocenters. The Morgan fingerprint density at radius 2 is 1.86 bits per heavy atom. The van der Waals surface area contributed by atoms with Crippen molar-refractivity contribution in [3.8, 4) is 6.07 Å². The molecule has 0 unspecified atom stereocenters. The Bertz CT molecular complexity index is 577. The molecule has 0 bridgehead atoms. The number of nitrogens with zero attached hydrogens (tertiary/aromatic N) is 2. The van der Waals surface area contributed by atoms with Crippen molar-refractivity contribution in [3.05, 3.63) is 29.8 Å². The highest BCUT2D eigenvalue weighted by Crippen LogP contribution is 2.10. The van der Waals surface area contributed by atoms with Gasteiger partial charge in [0.15, 0.2) is 0 Å². The molecule has 21 heavy (non-hydrogen) atoms. The third-order valence-electron chi connectivity index (χ3n) is 2.83. The minimum atomic E-state index is -3.67. The summed E-state index contributed by atoms with van der Waals surface area (Å²) in [4.78, 5) is 1.78. The third-order valence-corrected chi connectivity index (χ3v) is 4.28. The number of aliphatic hydroxyl groups excluding tert-OH is 2. The molecular formula is C13H19N3O4S. The summed E-state index contributed by atoms with van der Waals surface area (Å²) in [7, 11) is -3.67. The van der Waals surface area contributed by atoms with Gasteiger partial charge < -0.3 is 10.2 Å². The Labute approximate surface area is 124 Å². The molecule has 0 radical (unpaired) electrons. The highest BCUT2D eigenvalue weighted by atomic mass is 32.2. The summed E-state index contributed by atoms with van der Waals surface area (Å²) >= 11 is 0. The molecule has 3 N–H and O–H groups in total. The SMILES string of the molecule is N#Cc1cccc(S(=O)(=O)NCCN(CCO)CCO)c1. The van der Waals surface area contributed by atoms with Gasteiger partial charge in [0, 0.05) is 26.2 Å². The average Bonchev–Trinajstić information content (AvgIpc) is 2.47. The second-order valence-electron chi connectivity index (χ2n) is 4.33. The minimum absolute atomic E-state index is 0.0393. The van der Waals surface area contributed by atoms with E-state index in [2.05, 4.69) is 4.72 Å². The van der Waals surface area contributed by atoms with Crippen molar-refractivity contribution in [3.63, 3.8) is 0 Å². The van der Waals surface area contributed by atoms with Gasteiger partial charge >= 0.3 is 0 Å². The molecule has 0 saturated heterocycles. The van der Waals surface area contributed by atoms with E-state index in [1.165, 1.54) is 24.3 Å². The molecule has 0 amide bonds. The maximum atomic E-state index is 12.1. The van der Waals surface area contributed by atoms with Crippen LogP contribution in [0.15, 0.2) is 29.2 Å². The monoisotopic (exact) mass is 313 g/mol. The van der Waals surface area contributed by atoms with Crippen LogP contribution in [0.4, 0.5) is 0 Å². The molecule has 1 rings (SSSR count). The van der Waals surface area contributed by atoms with Gasteiger partial charge in [-0.1, -0.05) is 6.07 Å². The van der Waals surface area contributed by atoms with E-state index in [1.807, 2.05) is 6.07 Å². The first kappa shape index (κ1) is 17.6. The maximum absolute atomic E-state index is 12.1. The molecule has 0 aliphatic rings. The molecule has 0 fully saturated rings. The van der Waals surface area contributed by atoms with E-state index in [0.717, 1.165) is 0 Å². The highest BCUT2D eigenvalue weighted by molar-refractivity contribution is 7.89. The standard InChI is InChI=1S/C13H19N3O4S/c14-11-12-2-1-3-13(10-12)21(19,20)15-4-5-16(6-8-17)7-9-18/h1-3,10,15,17-18H,4-9H2. The van der Waals surface area contributed by atoms with E-state index in [9.17, 15) is 8.42 Å². The molecule has 0 spiro atoms. The second-order valence-corrected chi connectivity index (χ2v) is 6.09. The van der Waals surface area contributed by atoms with Gasteiger partial charge in [0.05, 0.1) is 29.7 Å². The molecule has 0 aromatic heterocycles. The Balaban J connectivity index is 2.62. The molecule has 8 heteroatoms. The molecule has 7 nitrogen and oxygen atoms in total. The molecule has 116 valence electrons. The maximum Gasteiger partial charge on any atom is 0.240 e. The van der Waals surface area contributed by atoms with Gasteiger partial charge in [0.2, 0.25) is 10.0 Å². The minimum Gasteiger partial charge on any atom is -0.395 e. The van der Waals surface area contributed by atoms with E-state index in [-0.39, 0.29) is 30.2 Å². The quantitative estimate of drug-likeness (QED) is 0.546. The van der Waals surface area contributed by atoms with Crippen LogP contribution in [0.1, 0.15) is 5.56 Å². The zero-order valence-electron chi connectivity index (χ0n) is 11.6. The number of nitrogens with one attached hydrogen (secondary N) is 1. The van der Waals surface area contributed by atoms with E-state index in [0.29, 0.717) is 19.6 Å². The van der Waals surface area contributed by atoms with E-state index in [4.69, 9.17) is 15.5 Å². The molecule has 1 aromatic carbocycles. The largest absolute Gasteiger partial charge is 0.395 e. The summed E-state index contributed by atoms with van der Waals surface area (Å²) in [5.41, 5.74) is 0.278. The first-order valence-electron chi connectivity index (χ1n) is 6.47. The van der Waals surface area contributed by atoms with Gasteiger partial charge in [-0.15, -0.1) is 0 Å². The van der Waals surface area contributed by atoms with Crippen LogP contribution in [0.2, 0.25) is 0 Å². The zero-order valence-corrected chi connectivity index (χ0v) is 12.4. The molecule has 0 aliphatic carbocycles. The lowest BCUT2D eigenvalue weighted by Gasteiger charge is -2.20. The van der Waals surface area contributed by atoms with Gasteiger partial charge in [-0.05, 0) is 18.2 Å². The predicted molar refractivity (Wildman–Crippen MR) is 77.0 cm³/mol. The van der Waals surface area contributed by atoms with Crippen molar-refractivity contribution in [2.24, 2.45) is 0 Å². The zero-order chi connectivity index (χ0) is 15.7. The fourth-order valence-electron chi connectivity index (χ4n) is 1.77. The van der Waals surface area contributed by atoms with Crippen LogP contribution in [0.5, 0.6) is 0 Å². The molecule has 1 aromatic rings. The predicted octanol–water partition coefficient (Wildman–Crippen LogP) is -0.877. The van der Waals surface area contributed by atoms with Crippen LogP contribution < -0.4 is 4.72 Å². The average molecular weight is 313 g/mol. The topological polar surface area (TPSA) is 114 Å². The van der Waals surface area contributed by atoms with Crippen LogP contribution in [0.3, 0.4) is 0 Å². The normalized spacial score (nSPS) is 11.5. The summed E-state index contributed by atoms with van der Waals surface area (Å²) in [5, 5.41) is 26.5. The number of aliphatic hydroxyl groups is 2. The summed E-state index contributed by atoms with van der Waals surface area (Å²) < 4.78 is 26.6. The molecule has 0 saturated carbocycles. The Kier molecular flexibility index (Phi) is 7.28. The summed E-state index contributed by atoms with van der Waals surface area (Å²) in [5.74, 6) is 0. The number of hydrogen-bond donors (Lipinski definition) is 3. The van der Waals surface area contributed by atoms with Crippen molar-refractivity contribution >= 4 is 10.0 Å². The molecule has 0 heterocycles. The second kappa shape index (κ2) is 8.71. The van der Waals surface area contributed by atoms with Crippen molar-refractivity contribution in [1.29, 1.82) is 5.26 Å². The number of hydrogen-bond acceptors (Lipinski definition) is 6. The van der Waals surface area contributed by atoms with Crippen LogP contribution >= 0.6 is 0 Å². The van der Waals surface area contributed by atoms with E-state index >= 15 is 0 Å². The first-order valence-corrected chi connectivity index (χ1v) is 7.95. The van der Waals surface area contributed by atoms with Gasteiger partial charge in [0.25, 0.3) is 0 Å². The number of rotatable bonds is 9. The Morgan fingerprint density at radius 1 is 1.19 bits per heavy atom. The first-order chi connectivity index (χ1) is 10.0. The third kappa shape index (κ3) is 5.79. The molecule has 0 aliphatic heterocycles. The van der Waals surface area contributed by atoms with Crippen LogP contribution in [0.25, 0.3) is 0 Å².